The minimum absolute atomic E-state index is 0.0842. The molecule has 0 saturated carbocycles. The lowest BCUT2D eigenvalue weighted by Gasteiger charge is -2.05. The lowest BCUT2D eigenvalue weighted by atomic mass is 10.1. The Bertz CT molecular complexity index is 759. The van der Waals surface area contributed by atoms with Gasteiger partial charge in [0.25, 0.3) is 0 Å². The topological polar surface area (TPSA) is 46.9 Å². The van der Waals surface area contributed by atoms with Crippen molar-refractivity contribution in [2.45, 2.75) is 13.1 Å². The Morgan fingerprint density at radius 1 is 1.17 bits per heavy atom. The van der Waals surface area contributed by atoms with Gasteiger partial charge in [-0.2, -0.15) is 5.10 Å². The molecule has 5 heteroatoms. The molecule has 0 atom stereocenters. The molecule has 0 radical (unpaired) electrons. The van der Waals surface area contributed by atoms with E-state index in [0.717, 1.165) is 17.0 Å². The molecule has 116 valence electrons. The molecule has 0 aliphatic heterocycles. The summed E-state index contributed by atoms with van der Waals surface area (Å²) in [6.07, 6.45) is 7.10. The smallest absolute Gasteiger partial charge is 0.244 e. The predicted molar refractivity (Wildman–Crippen MR) is 93.0 cm³/mol. The van der Waals surface area contributed by atoms with Crippen LogP contribution in [0.2, 0.25) is 0 Å². The van der Waals surface area contributed by atoms with E-state index in [4.69, 9.17) is 0 Å². The molecular formula is C18H17N3OS. The molecule has 3 rings (SSSR count). The van der Waals surface area contributed by atoms with Crippen LogP contribution in [0.4, 0.5) is 0 Å². The first-order valence-corrected chi connectivity index (χ1v) is 8.22. The molecule has 0 spiro atoms. The Labute approximate surface area is 139 Å². The van der Waals surface area contributed by atoms with Crippen LogP contribution in [-0.2, 0) is 17.9 Å². The average molecular weight is 323 g/mol. The number of rotatable bonds is 6. The van der Waals surface area contributed by atoms with Gasteiger partial charge in [-0.15, -0.1) is 11.3 Å². The maximum absolute atomic E-state index is 11.8. The van der Waals surface area contributed by atoms with Crippen LogP contribution in [0.3, 0.4) is 0 Å². The fourth-order valence-corrected chi connectivity index (χ4v) is 2.75. The molecule has 0 saturated heterocycles. The van der Waals surface area contributed by atoms with Gasteiger partial charge in [-0.3, -0.25) is 9.48 Å². The third kappa shape index (κ3) is 4.66. The Hall–Kier alpha value is -2.66. The molecule has 1 amide bonds. The molecule has 3 aromatic rings. The van der Waals surface area contributed by atoms with Crippen LogP contribution >= 0.6 is 11.3 Å². The Morgan fingerprint density at radius 3 is 2.70 bits per heavy atom. The van der Waals surface area contributed by atoms with Gasteiger partial charge in [0.15, 0.2) is 0 Å². The third-order valence-electron chi connectivity index (χ3n) is 3.34. The van der Waals surface area contributed by atoms with Gasteiger partial charge < -0.3 is 5.32 Å². The SMILES string of the molecule is O=C(C=Cc1cccs1)NCc1ccc(Cn2cccn2)cc1. The monoisotopic (exact) mass is 323 g/mol. The van der Waals surface area contributed by atoms with Gasteiger partial charge in [0.05, 0.1) is 6.54 Å². The number of benzene rings is 1. The summed E-state index contributed by atoms with van der Waals surface area (Å²) in [5.41, 5.74) is 2.26. The first kappa shape index (κ1) is 15.2. The maximum atomic E-state index is 11.8. The standard InChI is InChI=1S/C18H17N3OS/c22-18(9-8-17-3-1-12-23-17)19-13-15-4-6-16(7-5-15)14-21-11-2-10-20-21/h1-12H,13-14H2,(H,19,22). The largest absolute Gasteiger partial charge is 0.348 e. The van der Waals surface area contributed by atoms with Crippen molar-refractivity contribution >= 4 is 23.3 Å². The van der Waals surface area contributed by atoms with E-state index in [9.17, 15) is 4.79 Å². The summed E-state index contributed by atoms with van der Waals surface area (Å²) in [6.45, 7) is 1.28. The number of aromatic nitrogens is 2. The molecule has 0 aliphatic carbocycles. The van der Waals surface area contributed by atoms with Crippen molar-refractivity contribution in [2.75, 3.05) is 0 Å². The van der Waals surface area contributed by atoms with Crippen LogP contribution in [0, 0.1) is 0 Å². The highest BCUT2D eigenvalue weighted by Gasteiger charge is 1.99. The molecular weight excluding hydrogens is 306 g/mol. The van der Waals surface area contributed by atoms with Crippen molar-refractivity contribution in [1.82, 2.24) is 15.1 Å². The van der Waals surface area contributed by atoms with Crippen LogP contribution < -0.4 is 5.32 Å². The highest BCUT2D eigenvalue weighted by molar-refractivity contribution is 7.10. The van der Waals surface area contributed by atoms with Gasteiger partial charge >= 0.3 is 0 Å². The van der Waals surface area contributed by atoms with Crippen molar-refractivity contribution in [2.24, 2.45) is 0 Å². The third-order valence-corrected chi connectivity index (χ3v) is 4.17. The molecule has 2 aromatic heterocycles. The van der Waals surface area contributed by atoms with E-state index in [1.807, 2.05) is 52.7 Å². The first-order valence-electron chi connectivity index (χ1n) is 7.34. The van der Waals surface area contributed by atoms with E-state index < -0.39 is 0 Å². The second-order valence-electron chi connectivity index (χ2n) is 5.09. The number of thiophene rings is 1. The number of carbonyl (C=O) groups is 1. The summed E-state index contributed by atoms with van der Waals surface area (Å²) < 4.78 is 1.88. The van der Waals surface area contributed by atoms with Crippen LogP contribution in [0.5, 0.6) is 0 Å². The molecule has 23 heavy (non-hydrogen) atoms. The molecule has 0 aliphatic rings. The lowest BCUT2D eigenvalue weighted by molar-refractivity contribution is -0.116. The number of hydrogen-bond donors (Lipinski definition) is 1. The number of amides is 1. The van der Waals surface area contributed by atoms with E-state index in [2.05, 4.69) is 22.5 Å². The van der Waals surface area contributed by atoms with E-state index in [0.29, 0.717) is 6.54 Å². The fraction of sp³-hybridized carbons (Fsp3) is 0.111. The number of nitrogens with zero attached hydrogens (tertiary/aromatic N) is 2. The van der Waals surface area contributed by atoms with Gasteiger partial charge in [0.1, 0.15) is 0 Å². The summed E-state index contributed by atoms with van der Waals surface area (Å²) >= 11 is 1.61. The zero-order valence-corrected chi connectivity index (χ0v) is 13.4. The number of hydrogen-bond acceptors (Lipinski definition) is 3. The second kappa shape index (κ2) is 7.56. The minimum Gasteiger partial charge on any atom is -0.348 e. The van der Waals surface area contributed by atoms with E-state index in [-0.39, 0.29) is 5.91 Å². The van der Waals surface area contributed by atoms with E-state index >= 15 is 0 Å². The van der Waals surface area contributed by atoms with Crippen molar-refractivity contribution in [3.8, 4) is 0 Å². The molecule has 0 bridgehead atoms. The summed E-state index contributed by atoms with van der Waals surface area (Å²) in [5, 5.41) is 9.06. The van der Waals surface area contributed by atoms with E-state index in [1.165, 1.54) is 5.56 Å². The second-order valence-corrected chi connectivity index (χ2v) is 6.07. The molecule has 0 fully saturated rings. The number of carbonyl (C=O) groups excluding carboxylic acids is 1. The van der Waals surface area contributed by atoms with Crippen molar-refractivity contribution in [3.05, 3.63) is 82.3 Å². The maximum Gasteiger partial charge on any atom is 0.244 e. The van der Waals surface area contributed by atoms with Crippen molar-refractivity contribution in [3.63, 3.8) is 0 Å². The van der Waals surface area contributed by atoms with Gasteiger partial charge in [-0.25, -0.2) is 0 Å². The summed E-state index contributed by atoms with van der Waals surface area (Å²) in [5.74, 6) is -0.0842. The van der Waals surface area contributed by atoms with Crippen LogP contribution in [0.15, 0.2) is 66.3 Å². The normalized spacial score (nSPS) is 11.0. The minimum atomic E-state index is -0.0842. The van der Waals surface area contributed by atoms with Gasteiger partial charge in [-0.05, 0) is 34.7 Å². The predicted octanol–water partition coefficient (Wildman–Crippen LogP) is 3.32. The highest BCUT2D eigenvalue weighted by Crippen LogP contribution is 2.10. The van der Waals surface area contributed by atoms with Gasteiger partial charge in [0.2, 0.25) is 5.91 Å². The molecule has 1 aromatic carbocycles. The zero-order valence-electron chi connectivity index (χ0n) is 12.6. The fourth-order valence-electron chi connectivity index (χ4n) is 2.14. The Balaban J connectivity index is 1.49. The van der Waals surface area contributed by atoms with E-state index in [1.54, 1.807) is 23.6 Å². The average Bonchev–Trinajstić information content (AvgIpc) is 3.26. The van der Waals surface area contributed by atoms with Crippen molar-refractivity contribution in [1.29, 1.82) is 0 Å². The van der Waals surface area contributed by atoms with Crippen LogP contribution in [0.25, 0.3) is 6.08 Å². The van der Waals surface area contributed by atoms with Gasteiger partial charge in [-0.1, -0.05) is 30.3 Å². The highest BCUT2D eigenvalue weighted by atomic mass is 32.1. The zero-order chi connectivity index (χ0) is 15.9. The Kier molecular flexibility index (Phi) is 5.01. The Morgan fingerprint density at radius 2 is 2.00 bits per heavy atom. The van der Waals surface area contributed by atoms with Crippen LogP contribution in [0.1, 0.15) is 16.0 Å². The van der Waals surface area contributed by atoms with Crippen LogP contribution in [-0.4, -0.2) is 15.7 Å². The number of nitrogens with one attached hydrogen (secondary N) is 1. The molecule has 0 unspecified atom stereocenters. The van der Waals surface area contributed by atoms with Crippen molar-refractivity contribution < 1.29 is 4.79 Å². The lowest BCUT2D eigenvalue weighted by Crippen LogP contribution is -2.20. The quantitative estimate of drug-likeness (QED) is 0.707. The molecule has 1 N–H and O–H groups in total. The first-order chi connectivity index (χ1) is 11.3. The van der Waals surface area contributed by atoms with Gasteiger partial charge in [0, 0.05) is 29.9 Å². The molecule has 4 nitrogen and oxygen atoms in total. The summed E-state index contributed by atoms with van der Waals surface area (Å²) in [4.78, 5) is 12.9. The molecule has 2 heterocycles. The summed E-state index contributed by atoms with van der Waals surface area (Å²) in [6, 6.07) is 14.0. The summed E-state index contributed by atoms with van der Waals surface area (Å²) in [7, 11) is 0.